The molecule has 10 heteroatoms. The van der Waals surface area contributed by atoms with Crippen LogP contribution >= 0.6 is 0 Å². The van der Waals surface area contributed by atoms with Gasteiger partial charge >= 0.3 is 5.97 Å². The number of benzene rings is 2. The van der Waals surface area contributed by atoms with E-state index >= 15 is 0 Å². The molecule has 2 fully saturated rings. The molecule has 1 N–H and O–H groups in total. The van der Waals surface area contributed by atoms with Crippen molar-refractivity contribution in [3.63, 3.8) is 0 Å². The largest absolute Gasteiger partial charge is 0.452 e. The van der Waals surface area contributed by atoms with Crippen molar-refractivity contribution in [2.75, 3.05) is 16.8 Å². The molecule has 2 aromatic rings. The van der Waals surface area contributed by atoms with Gasteiger partial charge < -0.3 is 10.1 Å². The van der Waals surface area contributed by atoms with E-state index in [1.54, 1.807) is 6.92 Å². The minimum absolute atomic E-state index is 0.105. The topological polar surface area (TPSA) is 136 Å². The predicted molar refractivity (Wildman–Crippen MR) is 128 cm³/mol. The number of carbonyl (C=O) groups is 4. The van der Waals surface area contributed by atoms with Crippen LogP contribution in [-0.2, 0) is 19.1 Å². The molecule has 3 amide bonds. The maximum Gasteiger partial charge on any atom is 0.338 e. The lowest BCUT2D eigenvalue weighted by atomic mass is 9.82. The molecule has 1 saturated carbocycles. The number of nitro benzene ring substituents is 1. The number of esters is 1. The van der Waals surface area contributed by atoms with Gasteiger partial charge in [0, 0.05) is 17.3 Å². The van der Waals surface area contributed by atoms with E-state index in [-0.39, 0.29) is 52.4 Å². The number of nitro groups is 1. The lowest BCUT2D eigenvalue weighted by Gasteiger charge is -2.19. The molecule has 36 heavy (non-hydrogen) atoms. The fourth-order valence-electron chi connectivity index (χ4n) is 5.57. The molecule has 1 heterocycles. The highest BCUT2D eigenvalue weighted by molar-refractivity contribution is 6.23. The Morgan fingerprint density at radius 3 is 2.47 bits per heavy atom. The highest BCUT2D eigenvalue weighted by atomic mass is 16.6. The van der Waals surface area contributed by atoms with Gasteiger partial charge in [-0.2, -0.15) is 0 Å². The van der Waals surface area contributed by atoms with Crippen LogP contribution in [0.1, 0.15) is 29.3 Å². The monoisotopic (exact) mass is 489 g/mol. The average molecular weight is 489 g/mol. The van der Waals surface area contributed by atoms with Gasteiger partial charge in [-0.1, -0.05) is 17.7 Å². The second-order valence-electron chi connectivity index (χ2n) is 9.41. The number of hydrogen-bond donors (Lipinski definition) is 1. The summed E-state index contributed by atoms with van der Waals surface area (Å²) >= 11 is 0. The molecule has 0 unspecified atom stereocenters. The number of rotatable bonds is 6. The lowest BCUT2D eigenvalue weighted by molar-refractivity contribution is -0.385. The van der Waals surface area contributed by atoms with Gasteiger partial charge in [-0.05, 0) is 62.4 Å². The van der Waals surface area contributed by atoms with E-state index in [2.05, 4.69) is 11.4 Å². The zero-order chi connectivity index (χ0) is 25.7. The van der Waals surface area contributed by atoms with Crippen LogP contribution in [0, 0.1) is 40.7 Å². The van der Waals surface area contributed by atoms with Crippen LogP contribution in [0.2, 0.25) is 0 Å². The summed E-state index contributed by atoms with van der Waals surface area (Å²) in [6, 6.07) is 10.1. The third-order valence-corrected chi connectivity index (χ3v) is 7.27. The Bertz CT molecular complexity index is 1350. The number of nitrogens with zero attached hydrogens (tertiary/aromatic N) is 2. The van der Waals surface area contributed by atoms with Crippen LogP contribution in [0.4, 0.5) is 17.1 Å². The average Bonchev–Trinajstić information content (AvgIpc) is 3.48. The zero-order valence-electron chi connectivity index (χ0n) is 19.6. The van der Waals surface area contributed by atoms with Crippen LogP contribution in [-0.4, -0.2) is 35.2 Å². The summed E-state index contributed by atoms with van der Waals surface area (Å²) in [7, 11) is 0. The SMILES string of the molecule is CC1=C[C@H]2C[C@H]1[C@H]1C(=O)N(c3ccc(C(=O)OCC(=O)Nc4ccc(C)c([N+](=O)[O-])c4)cc3)C(=O)[C@@H]12. The first-order valence-corrected chi connectivity index (χ1v) is 11.5. The summed E-state index contributed by atoms with van der Waals surface area (Å²) in [6.07, 6.45) is 2.96. The lowest BCUT2D eigenvalue weighted by Crippen LogP contribution is -2.33. The van der Waals surface area contributed by atoms with Crippen molar-refractivity contribution >= 4 is 40.8 Å². The summed E-state index contributed by atoms with van der Waals surface area (Å²) in [5, 5.41) is 13.5. The number of anilines is 2. The molecule has 1 saturated heterocycles. The number of hydrogen-bond acceptors (Lipinski definition) is 7. The fourth-order valence-corrected chi connectivity index (χ4v) is 5.57. The zero-order valence-corrected chi connectivity index (χ0v) is 19.6. The molecule has 184 valence electrons. The first kappa shape index (κ1) is 23.4. The number of amides is 3. The van der Waals surface area contributed by atoms with E-state index in [0.29, 0.717) is 11.3 Å². The first-order chi connectivity index (χ1) is 17.2. The maximum atomic E-state index is 13.1. The van der Waals surface area contributed by atoms with Gasteiger partial charge in [0.1, 0.15) is 0 Å². The molecule has 0 spiro atoms. The Kier molecular flexibility index (Phi) is 5.66. The highest BCUT2D eigenvalue weighted by Gasteiger charge is 2.60. The summed E-state index contributed by atoms with van der Waals surface area (Å²) < 4.78 is 5.04. The summed E-state index contributed by atoms with van der Waals surface area (Å²) in [5.41, 5.74) is 2.24. The number of ether oxygens (including phenoxy) is 1. The van der Waals surface area contributed by atoms with Gasteiger partial charge in [-0.3, -0.25) is 29.4 Å². The Morgan fingerprint density at radius 1 is 1.08 bits per heavy atom. The Balaban J connectivity index is 1.20. The molecule has 2 aliphatic carbocycles. The number of imide groups is 1. The van der Waals surface area contributed by atoms with E-state index in [1.807, 2.05) is 6.92 Å². The third kappa shape index (κ3) is 3.84. The second kappa shape index (κ2) is 8.71. The third-order valence-electron chi connectivity index (χ3n) is 7.27. The van der Waals surface area contributed by atoms with Gasteiger partial charge in [0.15, 0.2) is 6.61 Å². The molecule has 4 atom stereocenters. The highest BCUT2D eigenvalue weighted by Crippen LogP contribution is 2.55. The molecule has 2 bridgehead atoms. The minimum Gasteiger partial charge on any atom is -0.452 e. The fraction of sp³-hybridized carbons (Fsp3) is 0.308. The number of aryl methyl sites for hydroxylation is 1. The Labute approximate surface area is 206 Å². The molecule has 5 rings (SSSR count). The van der Waals surface area contributed by atoms with E-state index in [4.69, 9.17) is 4.74 Å². The van der Waals surface area contributed by atoms with Crippen molar-refractivity contribution in [2.45, 2.75) is 20.3 Å². The Morgan fingerprint density at radius 2 is 1.78 bits per heavy atom. The molecular formula is C26H23N3O7. The normalized spacial score (nSPS) is 23.9. The second-order valence-corrected chi connectivity index (χ2v) is 9.41. The molecule has 10 nitrogen and oxygen atoms in total. The molecular weight excluding hydrogens is 466 g/mol. The predicted octanol–water partition coefficient (Wildman–Crippen LogP) is 3.40. The summed E-state index contributed by atoms with van der Waals surface area (Å²) in [5.74, 6) is -2.23. The molecule has 0 aromatic heterocycles. The van der Waals surface area contributed by atoms with Gasteiger partial charge in [0.05, 0.1) is 28.0 Å². The standard InChI is InChI=1S/C26H23N3O7/c1-13-3-6-17(11-20(13)29(34)35)27-21(30)12-36-26(33)15-4-7-18(8-5-15)28-24(31)22-16-9-14(2)19(10-16)23(22)25(28)32/h3-9,11,16,19,22-23H,10,12H2,1-2H3,(H,27,30)/t16-,19+,22+,23+/m0/s1. The van der Waals surface area contributed by atoms with Crippen molar-refractivity contribution in [1.82, 2.24) is 0 Å². The van der Waals surface area contributed by atoms with E-state index in [9.17, 15) is 29.3 Å². The number of fused-ring (bicyclic) bond motifs is 5. The van der Waals surface area contributed by atoms with Crippen molar-refractivity contribution in [3.8, 4) is 0 Å². The summed E-state index contributed by atoms with van der Waals surface area (Å²) in [6.45, 7) is 3.00. The molecule has 3 aliphatic rings. The minimum atomic E-state index is -0.764. The van der Waals surface area contributed by atoms with Crippen LogP contribution in [0.25, 0.3) is 0 Å². The molecule has 1 aliphatic heterocycles. The van der Waals surface area contributed by atoms with Gasteiger partial charge in [-0.15, -0.1) is 0 Å². The van der Waals surface area contributed by atoms with Gasteiger partial charge in [0.2, 0.25) is 11.8 Å². The molecule has 2 aromatic carbocycles. The Hall–Kier alpha value is -4.34. The van der Waals surface area contributed by atoms with Crippen molar-refractivity contribution < 1.29 is 28.8 Å². The van der Waals surface area contributed by atoms with Crippen LogP contribution in [0.15, 0.2) is 54.1 Å². The molecule has 0 radical (unpaired) electrons. The first-order valence-electron chi connectivity index (χ1n) is 11.5. The van der Waals surface area contributed by atoms with Crippen LogP contribution < -0.4 is 10.2 Å². The van der Waals surface area contributed by atoms with Gasteiger partial charge in [0.25, 0.3) is 11.6 Å². The smallest absolute Gasteiger partial charge is 0.338 e. The number of carbonyl (C=O) groups excluding carboxylic acids is 4. The maximum absolute atomic E-state index is 13.1. The van der Waals surface area contributed by atoms with Crippen molar-refractivity contribution in [2.24, 2.45) is 23.7 Å². The van der Waals surface area contributed by atoms with Crippen molar-refractivity contribution in [1.29, 1.82) is 0 Å². The van der Waals surface area contributed by atoms with Crippen LogP contribution in [0.5, 0.6) is 0 Å². The number of allylic oxidation sites excluding steroid dienone is 2. The van der Waals surface area contributed by atoms with Crippen molar-refractivity contribution in [3.05, 3.63) is 75.4 Å². The van der Waals surface area contributed by atoms with E-state index in [1.165, 1.54) is 52.9 Å². The number of nitrogens with one attached hydrogen (secondary N) is 1. The van der Waals surface area contributed by atoms with E-state index < -0.39 is 23.4 Å². The summed E-state index contributed by atoms with van der Waals surface area (Å²) in [4.78, 5) is 62.3. The van der Waals surface area contributed by atoms with E-state index in [0.717, 1.165) is 6.42 Å². The van der Waals surface area contributed by atoms with Crippen LogP contribution in [0.3, 0.4) is 0 Å². The quantitative estimate of drug-likeness (QED) is 0.216. The van der Waals surface area contributed by atoms with Gasteiger partial charge in [-0.25, -0.2) is 4.79 Å².